The molecule has 0 radical (unpaired) electrons. The first-order valence-corrected chi connectivity index (χ1v) is 4.39. The van der Waals surface area contributed by atoms with Crippen LogP contribution in [0.1, 0.15) is 12.0 Å². The number of aromatic hydroxyl groups is 1. The van der Waals surface area contributed by atoms with E-state index in [1.54, 1.807) is 24.3 Å². The van der Waals surface area contributed by atoms with Crippen LogP contribution in [0.25, 0.3) is 0 Å². The first-order valence-electron chi connectivity index (χ1n) is 4.39. The number of rotatable bonds is 4. The molecule has 0 aliphatic rings. The van der Waals surface area contributed by atoms with Crippen LogP contribution >= 0.6 is 0 Å². The fraction of sp³-hybridized carbons (Fsp3) is 0.300. The van der Waals surface area contributed by atoms with Gasteiger partial charge in [-0.2, -0.15) is 0 Å². The molecule has 0 heterocycles. The largest absolute Gasteiger partial charge is 0.508 e. The van der Waals surface area contributed by atoms with Crippen molar-refractivity contribution in [2.45, 2.75) is 18.9 Å². The van der Waals surface area contributed by atoms with Gasteiger partial charge in [-0.05, 0) is 24.1 Å². The first kappa shape index (κ1) is 10.5. The number of nitrogens with two attached hydrogens (primary N) is 2. The standard InChI is InChI=1S/C10H14N2O2/c11-8(6-10(12)14)5-7-1-3-9(13)4-2-7/h1-4,8,13H,5-6,11H2,(H2,12,14)/t8-/m0/s1. The van der Waals surface area contributed by atoms with Gasteiger partial charge < -0.3 is 16.6 Å². The SMILES string of the molecule is NC(=O)C[C@@H](N)Cc1ccc(O)cc1. The minimum atomic E-state index is -0.392. The Morgan fingerprint density at radius 3 is 2.43 bits per heavy atom. The summed E-state index contributed by atoms with van der Waals surface area (Å²) in [6.45, 7) is 0. The Bertz CT molecular complexity index is 308. The summed E-state index contributed by atoms with van der Waals surface area (Å²) in [4.78, 5) is 10.6. The number of amides is 1. The molecule has 0 saturated carbocycles. The van der Waals surface area contributed by atoms with Crippen LogP contribution < -0.4 is 11.5 Å². The second kappa shape index (κ2) is 4.62. The number of primary amides is 1. The summed E-state index contributed by atoms with van der Waals surface area (Å²) in [6.07, 6.45) is 0.768. The monoisotopic (exact) mass is 194 g/mol. The molecule has 0 spiro atoms. The van der Waals surface area contributed by atoms with E-state index in [-0.39, 0.29) is 18.2 Å². The van der Waals surface area contributed by atoms with Gasteiger partial charge in [0, 0.05) is 12.5 Å². The first-order chi connectivity index (χ1) is 6.58. The molecule has 1 rings (SSSR count). The van der Waals surface area contributed by atoms with Crippen LogP contribution in [0.3, 0.4) is 0 Å². The number of hydrogen-bond acceptors (Lipinski definition) is 3. The molecule has 0 fully saturated rings. The zero-order valence-corrected chi connectivity index (χ0v) is 7.81. The van der Waals surface area contributed by atoms with E-state index in [1.807, 2.05) is 0 Å². The van der Waals surface area contributed by atoms with Crippen molar-refractivity contribution in [3.63, 3.8) is 0 Å². The molecule has 76 valence electrons. The molecular formula is C10H14N2O2. The fourth-order valence-electron chi connectivity index (χ4n) is 1.27. The summed E-state index contributed by atoms with van der Waals surface area (Å²) >= 11 is 0. The summed E-state index contributed by atoms with van der Waals surface area (Å²) in [5.74, 6) is -0.173. The van der Waals surface area contributed by atoms with E-state index >= 15 is 0 Å². The molecule has 1 amide bonds. The zero-order chi connectivity index (χ0) is 10.6. The number of phenolic OH excluding ortho intramolecular Hbond substituents is 1. The second-order valence-electron chi connectivity index (χ2n) is 3.30. The topological polar surface area (TPSA) is 89.3 Å². The van der Waals surface area contributed by atoms with Crippen LogP contribution in [0.5, 0.6) is 5.75 Å². The maximum atomic E-state index is 10.6. The lowest BCUT2D eigenvalue weighted by molar-refractivity contribution is -0.118. The van der Waals surface area contributed by atoms with Gasteiger partial charge in [-0.15, -0.1) is 0 Å². The lowest BCUT2D eigenvalue weighted by atomic mass is 10.0. The van der Waals surface area contributed by atoms with Crippen molar-refractivity contribution in [2.24, 2.45) is 11.5 Å². The number of carbonyl (C=O) groups is 1. The Hall–Kier alpha value is -1.55. The maximum absolute atomic E-state index is 10.6. The average molecular weight is 194 g/mol. The van der Waals surface area contributed by atoms with Crippen molar-refractivity contribution in [1.29, 1.82) is 0 Å². The van der Waals surface area contributed by atoms with Crippen LogP contribution in [-0.2, 0) is 11.2 Å². The van der Waals surface area contributed by atoms with E-state index in [4.69, 9.17) is 16.6 Å². The smallest absolute Gasteiger partial charge is 0.218 e. The Labute approximate surface area is 82.5 Å². The van der Waals surface area contributed by atoms with Crippen molar-refractivity contribution < 1.29 is 9.90 Å². The highest BCUT2D eigenvalue weighted by Gasteiger charge is 2.07. The molecular weight excluding hydrogens is 180 g/mol. The van der Waals surface area contributed by atoms with Crippen molar-refractivity contribution in [1.82, 2.24) is 0 Å². The number of benzene rings is 1. The van der Waals surface area contributed by atoms with Gasteiger partial charge in [0.05, 0.1) is 0 Å². The minimum Gasteiger partial charge on any atom is -0.508 e. The maximum Gasteiger partial charge on any atom is 0.218 e. The Morgan fingerprint density at radius 2 is 1.93 bits per heavy atom. The van der Waals surface area contributed by atoms with Gasteiger partial charge >= 0.3 is 0 Å². The van der Waals surface area contributed by atoms with Gasteiger partial charge in [0.1, 0.15) is 5.75 Å². The molecule has 0 aromatic heterocycles. The molecule has 1 atom stereocenters. The number of phenols is 1. The van der Waals surface area contributed by atoms with E-state index in [0.29, 0.717) is 6.42 Å². The highest BCUT2D eigenvalue weighted by atomic mass is 16.3. The van der Waals surface area contributed by atoms with Gasteiger partial charge in [-0.3, -0.25) is 4.79 Å². The van der Waals surface area contributed by atoms with E-state index in [2.05, 4.69) is 0 Å². The predicted molar refractivity (Wildman–Crippen MR) is 53.6 cm³/mol. The van der Waals surface area contributed by atoms with Crippen LogP contribution in [0, 0.1) is 0 Å². The molecule has 14 heavy (non-hydrogen) atoms. The van der Waals surface area contributed by atoms with Gasteiger partial charge in [0.2, 0.25) is 5.91 Å². The van der Waals surface area contributed by atoms with Gasteiger partial charge in [0.15, 0.2) is 0 Å². The average Bonchev–Trinajstić information content (AvgIpc) is 2.07. The minimum absolute atomic E-state index is 0.181. The Morgan fingerprint density at radius 1 is 1.36 bits per heavy atom. The molecule has 1 aromatic rings. The van der Waals surface area contributed by atoms with Crippen LogP contribution in [0.2, 0.25) is 0 Å². The summed E-state index contributed by atoms with van der Waals surface area (Å²) in [7, 11) is 0. The highest BCUT2D eigenvalue weighted by Crippen LogP contribution is 2.11. The van der Waals surface area contributed by atoms with E-state index < -0.39 is 5.91 Å². The number of carbonyl (C=O) groups excluding carboxylic acids is 1. The quantitative estimate of drug-likeness (QED) is 0.636. The molecule has 1 aromatic carbocycles. The van der Waals surface area contributed by atoms with Crippen molar-refractivity contribution >= 4 is 5.91 Å². The number of hydrogen-bond donors (Lipinski definition) is 3. The lowest BCUT2D eigenvalue weighted by Crippen LogP contribution is -2.29. The molecule has 4 nitrogen and oxygen atoms in total. The summed E-state index contributed by atoms with van der Waals surface area (Å²) in [5, 5.41) is 9.03. The highest BCUT2D eigenvalue weighted by molar-refractivity contribution is 5.74. The van der Waals surface area contributed by atoms with Crippen molar-refractivity contribution in [3.8, 4) is 5.75 Å². The third-order valence-corrected chi connectivity index (χ3v) is 1.90. The van der Waals surface area contributed by atoms with Crippen LogP contribution in [0.15, 0.2) is 24.3 Å². The molecule has 4 heteroatoms. The van der Waals surface area contributed by atoms with Gasteiger partial charge in [0.25, 0.3) is 0 Å². The fourth-order valence-corrected chi connectivity index (χ4v) is 1.27. The van der Waals surface area contributed by atoms with E-state index in [1.165, 1.54) is 0 Å². The molecule has 0 saturated heterocycles. The normalized spacial score (nSPS) is 12.4. The molecule has 5 N–H and O–H groups in total. The Kier molecular flexibility index (Phi) is 3.48. The van der Waals surface area contributed by atoms with Gasteiger partial charge in [-0.1, -0.05) is 12.1 Å². The van der Waals surface area contributed by atoms with Crippen LogP contribution in [-0.4, -0.2) is 17.1 Å². The van der Waals surface area contributed by atoms with E-state index in [0.717, 1.165) is 5.56 Å². The zero-order valence-electron chi connectivity index (χ0n) is 7.81. The van der Waals surface area contributed by atoms with Crippen molar-refractivity contribution in [2.75, 3.05) is 0 Å². The predicted octanol–water partition coefficient (Wildman–Crippen LogP) is 0.137. The molecule has 0 aliphatic heterocycles. The third kappa shape index (κ3) is 3.45. The molecule has 0 aliphatic carbocycles. The third-order valence-electron chi connectivity index (χ3n) is 1.90. The summed E-state index contributed by atoms with van der Waals surface area (Å²) in [5.41, 5.74) is 11.7. The van der Waals surface area contributed by atoms with Crippen LogP contribution in [0.4, 0.5) is 0 Å². The Balaban J connectivity index is 2.51. The van der Waals surface area contributed by atoms with E-state index in [9.17, 15) is 4.79 Å². The van der Waals surface area contributed by atoms with Gasteiger partial charge in [-0.25, -0.2) is 0 Å². The summed E-state index contributed by atoms with van der Waals surface area (Å²) < 4.78 is 0. The second-order valence-corrected chi connectivity index (χ2v) is 3.30. The summed E-state index contributed by atoms with van der Waals surface area (Å²) in [6, 6.07) is 6.47. The molecule has 0 unspecified atom stereocenters. The van der Waals surface area contributed by atoms with Crippen molar-refractivity contribution in [3.05, 3.63) is 29.8 Å². The molecule has 0 bridgehead atoms. The lowest BCUT2D eigenvalue weighted by Gasteiger charge is -2.08.